The maximum atomic E-state index is 13.0. The summed E-state index contributed by atoms with van der Waals surface area (Å²) in [6.45, 7) is 1.23. The Balaban J connectivity index is 1.46. The van der Waals surface area contributed by atoms with Crippen LogP contribution in [0.15, 0.2) is 83.1 Å². The number of nitrogens with one attached hydrogen (secondary N) is 2. The summed E-state index contributed by atoms with van der Waals surface area (Å²) >= 11 is 0. The zero-order valence-electron chi connectivity index (χ0n) is 17.5. The Labute approximate surface area is 186 Å². The third-order valence-electron chi connectivity index (χ3n) is 4.91. The molecule has 2 amide bonds. The van der Waals surface area contributed by atoms with E-state index in [1.165, 1.54) is 12.3 Å². The van der Waals surface area contributed by atoms with Gasteiger partial charge in [0.05, 0.1) is 12.4 Å². The van der Waals surface area contributed by atoms with Crippen LogP contribution in [0.4, 0.5) is 5.69 Å². The van der Waals surface area contributed by atoms with Crippen molar-refractivity contribution in [3.05, 3.63) is 90.0 Å². The molecule has 2 N–H and O–H groups in total. The Bertz CT molecular complexity index is 1070. The molecule has 1 saturated heterocycles. The summed E-state index contributed by atoms with van der Waals surface area (Å²) in [6, 6.07) is 19.2. The van der Waals surface area contributed by atoms with Crippen LogP contribution in [0, 0.1) is 0 Å². The fourth-order valence-corrected chi connectivity index (χ4v) is 3.29. The summed E-state index contributed by atoms with van der Waals surface area (Å²) in [6.07, 6.45) is 5.11. The topological polar surface area (TPSA) is 89.8 Å². The molecule has 1 unspecified atom stereocenters. The summed E-state index contributed by atoms with van der Waals surface area (Å²) in [5.41, 5.74) is 1.04. The van der Waals surface area contributed by atoms with Gasteiger partial charge in [-0.1, -0.05) is 24.3 Å². The molecule has 4 rings (SSSR count). The molecular weight excluding hydrogens is 408 g/mol. The SMILES string of the molecule is O=C(Nc1cccc(OCC2CCCO2)c1)C(=Cc1ccco1)NC(=O)c1ccccc1. The van der Waals surface area contributed by atoms with Crippen molar-refractivity contribution in [1.29, 1.82) is 0 Å². The molecule has 3 aromatic rings. The summed E-state index contributed by atoms with van der Waals surface area (Å²) in [7, 11) is 0. The Kier molecular flexibility index (Phi) is 6.99. The molecule has 164 valence electrons. The van der Waals surface area contributed by atoms with Gasteiger partial charge in [0.25, 0.3) is 11.8 Å². The first-order chi connectivity index (χ1) is 15.7. The van der Waals surface area contributed by atoms with Gasteiger partial charge in [-0.25, -0.2) is 0 Å². The van der Waals surface area contributed by atoms with Gasteiger partial charge in [-0.3, -0.25) is 9.59 Å². The van der Waals surface area contributed by atoms with Crippen molar-refractivity contribution in [3.63, 3.8) is 0 Å². The molecular formula is C25H24N2O5. The van der Waals surface area contributed by atoms with Gasteiger partial charge in [0.2, 0.25) is 0 Å². The summed E-state index contributed by atoms with van der Waals surface area (Å²) in [4.78, 5) is 25.6. The fraction of sp³-hybridized carbons (Fsp3) is 0.200. The lowest BCUT2D eigenvalue weighted by atomic mass is 10.2. The molecule has 1 fully saturated rings. The molecule has 0 spiro atoms. The van der Waals surface area contributed by atoms with Crippen molar-refractivity contribution in [3.8, 4) is 5.75 Å². The molecule has 0 aliphatic carbocycles. The van der Waals surface area contributed by atoms with E-state index in [9.17, 15) is 9.59 Å². The Hall–Kier alpha value is -3.84. The van der Waals surface area contributed by atoms with Crippen molar-refractivity contribution in [1.82, 2.24) is 5.32 Å². The molecule has 32 heavy (non-hydrogen) atoms. The number of carbonyl (C=O) groups is 2. The van der Waals surface area contributed by atoms with Crippen molar-refractivity contribution in [2.45, 2.75) is 18.9 Å². The van der Waals surface area contributed by atoms with E-state index in [1.807, 2.05) is 12.1 Å². The van der Waals surface area contributed by atoms with E-state index in [1.54, 1.807) is 54.6 Å². The summed E-state index contributed by atoms with van der Waals surface area (Å²) in [5.74, 6) is 0.189. The molecule has 1 aliphatic rings. The molecule has 0 saturated carbocycles. The van der Waals surface area contributed by atoms with E-state index in [0.717, 1.165) is 19.4 Å². The van der Waals surface area contributed by atoms with E-state index >= 15 is 0 Å². The van der Waals surface area contributed by atoms with Gasteiger partial charge in [-0.15, -0.1) is 0 Å². The van der Waals surface area contributed by atoms with Crippen LogP contribution in [0.1, 0.15) is 29.0 Å². The minimum absolute atomic E-state index is 0.0551. The summed E-state index contributed by atoms with van der Waals surface area (Å²) < 4.78 is 16.7. The quantitative estimate of drug-likeness (QED) is 0.520. The number of ether oxygens (including phenoxy) is 2. The van der Waals surface area contributed by atoms with Crippen LogP contribution in [0.5, 0.6) is 5.75 Å². The number of amides is 2. The molecule has 2 heterocycles. The van der Waals surface area contributed by atoms with Crippen LogP contribution in [0.25, 0.3) is 6.08 Å². The molecule has 7 nitrogen and oxygen atoms in total. The first kappa shape index (κ1) is 21.4. The Morgan fingerprint density at radius 1 is 1.06 bits per heavy atom. The van der Waals surface area contributed by atoms with Crippen LogP contribution in [0.3, 0.4) is 0 Å². The van der Waals surface area contributed by atoms with Crippen molar-refractivity contribution >= 4 is 23.6 Å². The van der Waals surface area contributed by atoms with Crippen LogP contribution >= 0.6 is 0 Å². The van der Waals surface area contributed by atoms with Gasteiger partial charge >= 0.3 is 0 Å². The normalized spacial score (nSPS) is 15.9. The number of hydrogen-bond donors (Lipinski definition) is 2. The number of anilines is 1. The average Bonchev–Trinajstić information content (AvgIpc) is 3.52. The smallest absolute Gasteiger partial charge is 0.272 e. The number of furan rings is 1. The van der Waals surface area contributed by atoms with Gasteiger partial charge in [0, 0.05) is 30.0 Å². The molecule has 1 aliphatic heterocycles. The first-order valence-corrected chi connectivity index (χ1v) is 10.4. The minimum atomic E-state index is -0.484. The lowest BCUT2D eigenvalue weighted by molar-refractivity contribution is -0.113. The van der Waals surface area contributed by atoms with Crippen LogP contribution < -0.4 is 15.4 Å². The highest BCUT2D eigenvalue weighted by Crippen LogP contribution is 2.20. The zero-order chi connectivity index (χ0) is 22.2. The van der Waals surface area contributed by atoms with E-state index in [2.05, 4.69) is 10.6 Å². The molecule has 0 radical (unpaired) electrons. The molecule has 0 bridgehead atoms. The standard InChI is InChI=1S/C25H24N2O5/c28-24(18-7-2-1-3-8-18)27-23(16-21-11-5-13-30-21)25(29)26-19-9-4-10-20(15-19)32-17-22-12-6-14-31-22/h1-5,7-11,13,15-16,22H,6,12,14,17H2,(H,26,29)(H,27,28). The van der Waals surface area contributed by atoms with E-state index in [0.29, 0.717) is 29.4 Å². The van der Waals surface area contributed by atoms with Gasteiger partial charge < -0.3 is 24.5 Å². The van der Waals surface area contributed by atoms with Gasteiger partial charge in [0.15, 0.2) is 0 Å². The molecule has 7 heteroatoms. The molecule has 1 atom stereocenters. The van der Waals surface area contributed by atoms with Gasteiger partial charge in [-0.2, -0.15) is 0 Å². The lowest BCUT2D eigenvalue weighted by Crippen LogP contribution is -2.30. The van der Waals surface area contributed by atoms with Crippen molar-refractivity contribution in [2.75, 3.05) is 18.5 Å². The van der Waals surface area contributed by atoms with Crippen LogP contribution in [-0.2, 0) is 9.53 Å². The first-order valence-electron chi connectivity index (χ1n) is 10.4. The van der Waals surface area contributed by atoms with E-state index in [4.69, 9.17) is 13.9 Å². The van der Waals surface area contributed by atoms with Crippen LogP contribution in [0.2, 0.25) is 0 Å². The van der Waals surface area contributed by atoms with E-state index < -0.39 is 11.8 Å². The maximum absolute atomic E-state index is 13.0. The molecule has 1 aromatic heterocycles. The monoisotopic (exact) mass is 432 g/mol. The maximum Gasteiger partial charge on any atom is 0.272 e. The highest BCUT2D eigenvalue weighted by Gasteiger charge is 2.17. The fourth-order valence-electron chi connectivity index (χ4n) is 3.29. The predicted molar refractivity (Wildman–Crippen MR) is 120 cm³/mol. The number of rotatable bonds is 8. The summed E-state index contributed by atoms with van der Waals surface area (Å²) in [5, 5.41) is 5.48. The highest BCUT2D eigenvalue weighted by molar-refractivity contribution is 6.10. The van der Waals surface area contributed by atoms with Crippen LogP contribution in [-0.4, -0.2) is 31.1 Å². The van der Waals surface area contributed by atoms with Crippen molar-refractivity contribution < 1.29 is 23.5 Å². The van der Waals surface area contributed by atoms with Gasteiger partial charge in [-0.05, 0) is 49.2 Å². The largest absolute Gasteiger partial charge is 0.491 e. The van der Waals surface area contributed by atoms with Crippen molar-refractivity contribution in [2.24, 2.45) is 0 Å². The number of benzene rings is 2. The number of carbonyl (C=O) groups excluding carboxylic acids is 2. The minimum Gasteiger partial charge on any atom is -0.491 e. The second kappa shape index (κ2) is 10.5. The van der Waals surface area contributed by atoms with E-state index in [-0.39, 0.29) is 11.8 Å². The average molecular weight is 432 g/mol. The highest BCUT2D eigenvalue weighted by atomic mass is 16.5. The predicted octanol–water partition coefficient (Wildman–Crippen LogP) is 4.25. The number of hydrogen-bond acceptors (Lipinski definition) is 5. The second-order valence-corrected chi connectivity index (χ2v) is 7.32. The third-order valence-corrected chi connectivity index (χ3v) is 4.91. The lowest BCUT2D eigenvalue weighted by Gasteiger charge is -2.13. The third kappa shape index (κ3) is 5.86. The zero-order valence-corrected chi connectivity index (χ0v) is 17.5. The Morgan fingerprint density at radius 2 is 1.94 bits per heavy atom. The Morgan fingerprint density at radius 3 is 2.69 bits per heavy atom. The molecule has 2 aromatic carbocycles. The van der Waals surface area contributed by atoms with Gasteiger partial charge in [0.1, 0.15) is 23.8 Å². The second-order valence-electron chi connectivity index (χ2n) is 7.32.